The van der Waals surface area contributed by atoms with E-state index >= 15 is 0 Å². The van der Waals surface area contributed by atoms with Gasteiger partial charge < -0.3 is 15.2 Å². The van der Waals surface area contributed by atoms with Gasteiger partial charge in [-0.15, -0.1) is 11.3 Å². The molecular formula is C11H9N3O5S. The van der Waals surface area contributed by atoms with E-state index in [9.17, 15) is 14.9 Å². The van der Waals surface area contributed by atoms with E-state index < -0.39 is 10.9 Å². The normalized spacial score (nSPS) is 10.1. The van der Waals surface area contributed by atoms with Crippen LogP contribution in [0.3, 0.4) is 0 Å². The lowest BCUT2D eigenvalue weighted by Crippen LogP contribution is -1.98. The Bertz CT molecular complexity index is 670. The van der Waals surface area contributed by atoms with E-state index in [1.807, 2.05) is 0 Å². The Hall–Kier alpha value is -2.68. The third kappa shape index (κ3) is 2.83. The van der Waals surface area contributed by atoms with Gasteiger partial charge in [-0.25, -0.2) is 9.78 Å². The topological polar surface area (TPSA) is 115 Å². The third-order valence-electron chi connectivity index (χ3n) is 2.35. The fraction of sp³-hybridized carbons (Fsp3) is 0.0909. The quantitative estimate of drug-likeness (QED) is 0.643. The summed E-state index contributed by atoms with van der Waals surface area (Å²) >= 11 is 1.09. The molecule has 2 N–H and O–H groups in total. The number of benzene rings is 1. The summed E-state index contributed by atoms with van der Waals surface area (Å²) in [7, 11) is 1.34. The molecule has 1 aromatic carbocycles. The van der Waals surface area contributed by atoms with Crippen molar-refractivity contribution >= 4 is 33.8 Å². The van der Waals surface area contributed by atoms with Crippen LogP contribution in [0.25, 0.3) is 0 Å². The number of rotatable bonds is 5. The zero-order valence-electron chi connectivity index (χ0n) is 10.2. The van der Waals surface area contributed by atoms with Crippen molar-refractivity contribution in [3.8, 4) is 5.75 Å². The molecule has 0 spiro atoms. The van der Waals surface area contributed by atoms with Crippen molar-refractivity contribution in [2.24, 2.45) is 0 Å². The van der Waals surface area contributed by atoms with Crippen LogP contribution in [-0.2, 0) is 0 Å². The highest BCUT2D eigenvalue weighted by molar-refractivity contribution is 7.14. The van der Waals surface area contributed by atoms with Crippen molar-refractivity contribution in [1.29, 1.82) is 0 Å². The van der Waals surface area contributed by atoms with E-state index in [2.05, 4.69) is 10.3 Å². The Morgan fingerprint density at radius 2 is 2.30 bits per heavy atom. The standard InChI is InChI=1S/C11H9N3O5S/c1-19-9-3-2-6(4-8(9)14(17)18)12-11-13-7(5-20-11)10(15)16/h2-5H,1H3,(H,12,13)(H,15,16). The van der Waals surface area contributed by atoms with Gasteiger partial charge >= 0.3 is 11.7 Å². The van der Waals surface area contributed by atoms with Crippen molar-refractivity contribution in [2.75, 3.05) is 12.4 Å². The molecular weight excluding hydrogens is 286 g/mol. The minimum Gasteiger partial charge on any atom is -0.490 e. The maximum Gasteiger partial charge on any atom is 0.355 e. The van der Waals surface area contributed by atoms with E-state index in [1.165, 1.54) is 24.6 Å². The SMILES string of the molecule is COc1ccc(Nc2nc(C(=O)O)cs2)cc1[N+](=O)[O-]. The van der Waals surface area contributed by atoms with Gasteiger partial charge in [0, 0.05) is 17.1 Å². The molecule has 2 rings (SSSR count). The van der Waals surface area contributed by atoms with Gasteiger partial charge in [0.05, 0.1) is 12.0 Å². The lowest BCUT2D eigenvalue weighted by atomic mass is 10.2. The summed E-state index contributed by atoms with van der Waals surface area (Å²) in [6, 6.07) is 4.32. The smallest absolute Gasteiger partial charge is 0.355 e. The molecule has 0 bridgehead atoms. The fourth-order valence-electron chi connectivity index (χ4n) is 1.46. The highest BCUT2D eigenvalue weighted by Gasteiger charge is 2.16. The van der Waals surface area contributed by atoms with Crippen LogP contribution in [-0.4, -0.2) is 28.1 Å². The van der Waals surface area contributed by atoms with Gasteiger partial charge in [-0.05, 0) is 12.1 Å². The van der Waals surface area contributed by atoms with Crippen LogP contribution in [0.4, 0.5) is 16.5 Å². The monoisotopic (exact) mass is 295 g/mol. The molecule has 9 heteroatoms. The summed E-state index contributed by atoms with van der Waals surface area (Å²) in [5.74, 6) is -0.985. The molecule has 0 saturated heterocycles. The number of nitrogens with zero attached hydrogens (tertiary/aromatic N) is 2. The lowest BCUT2D eigenvalue weighted by Gasteiger charge is -2.05. The van der Waals surface area contributed by atoms with E-state index in [0.717, 1.165) is 11.3 Å². The Labute approximate surface area is 116 Å². The largest absolute Gasteiger partial charge is 0.490 e. The second-order valence-electron chi connectivity index (χ2n) is 3.61. The number of nitro groups is 1. The average molecular weight is 295 g/mol. The van der Waals surface area contributed by atoms with Crippen molar-refractivity contribution in [2.45, 2.75) is 0 Å². The van der Waals surface area contributed by atoms with Crippen LogP contribution < -0.4 is 10.1 Å². The minimum absolute atomic E-state index is 0.0829. The summed E-state index contributed by atoms with van der Waals surface area (Å²) in [5.41, 5.74) is 0.150. The van der Waals surface area contributed by atoms with E-state index in [1.54, 1.807) is 6.07 Å². The number of carboxylic acids is 1. The van der Waals surface area contributed by atoms with Crippen molar-refractivity contribution in [1.82, 2.24) is 4.98 Å². The first kappa shape index (κ1) is 13.7. The molecule has 0 saturated carbocycles. The number of ether oxygens (including phenoxy) is 1. The molecule has 0 aliphatic heterocycles. The zero-order chi connectivity index (χ0) is 14.7. The number of nitro benzene ring substituents is 1. The first-order valence-electron chi connectivity index (χ1n) is 5.29. The van der Waals surface area contributed by atoms with Crippen LogP contribution in [0.15, 0.2) is 23.6 Å². The summed E-state index contributed by atoms with van der Waals surface area (Å²) in [5, 5.41) is 24.2. The number of nitrogens with one attached hydrogen (secondary N) is 1. The molecule has 20 heavy (non-hydrogen) atoms. The number of anilines is 2. The number of carbonyl (C=O) groups is 1. The van der Waals surface area contributed by atoms with Crippen LogP contribution >= 0.6 is 11.3 Å². The molecule has 1 heterocycles. The molecule has 0 aliphatic rings. The predicted molar refractivity (Wildman–Crippen MR) is 72.0 cm³/mol. The lowest BCUT2D eigenvalue weighted by molar-refractivity contribution is -0.385. The van der Waals surface area contributed by atoms with Crippen molar-refractivity contribution in [3.05, 3.63) is 39.4 Å². The second-order valence-corrected chi connectivity index (χ2v) is 4.47. The van der Waals surface area contributed by atoms with Crippen molar-refractivity contribution < 1.29 is 19.6 Å². The van der Waals surface area contributed by atoms with Crippen LogP contribution in [0.1, 0.15) is 10.5 Å². The van der Waals surface area contributed by atoms with E-state index in [4.69, 9.17) is 9.84 Å². The van der Waals surface area contributed by atoms with Gasteiger partial charge in [-0.1, -0.05) is 0 Å². The Morgan fingerprint density at radius 1 is 1.55 bits per heavy atom. The first-order valence-corrected chi connectivity index (χ1v) is 6.17. The number of aromatic carboxylic acids is 1. The second kappa shape index (κ2) is 5.53. The van der Waals surface area contributed by atoms with Crippen molar-refractivity contribution in [3.63, 3.8) is 0 Å². The van der Waals surface area contributed by atoms with E-state index in [0.29, 0.717) is 10.8 Å². The molecule has 8 nitrogen and oxygen atoms in total. The van der Waals surface area contributed by atoms with Crippen LogP contribution in [0, 0.1) is 10.1 Å². The molecule has 1 aromatic heterocycles. The predicted octanol–water partition coefficient (Wildman–Crippen LogP) is 2.50. The Kier molecular flexibility index (Phi) is 3.80. The molecule has 0 aliphatic carbocycles. The highest BCUT2D eigenvalue weighted by atomic mass is 32.1. The number of carboxylic acid groups (broad SMARTS) is 1. The maximum absolute atomic E-state index is 10.9. The van der Waals surface area contributed by atoms with Gasteiger partial charge in [0.2, 0.25) is 0 Å². The summed E-state index contributed by atoms with van der Waals surface area (Å²) in [6.45, 7) is 0. The number of aromatic nitrogens is 1. The number of methoxy groups -OCH3 is 1. The molecule has 0 atom stereocenters. The minimum atomic E-state index is -1.13. The summed E-state index contributed by atoms with van der Waals surface area (Å²) < 4.78 is 4.89. The molecule has 0 amide bonds. The fourth-order valence-corrected chi connectivity index (χ4v) is 2.17. The van der Waals surface area contributed by atoms with Gasteiger partial charge in [-0.2, -0.15) is 0 Å². The molecule has 0 unspecified atom stereocenters. The average Bonchev–Trinajstić information content (AvgIpc) is 2.87. The van der Waals surface area contributed by atoms with Gasteiger partial charge in [-0.3, -0.25) is 10.1 Å². The van der Waals surface area contributed by atoms with Gasteiger partial charge in [0.1, 0.15) is 0 Å². The molecule has 0 fully saturated rings. The third-order valence-corrected chi connectivity index (χ3v) is 3.11. The maximum atomic E-state index is 10.9. The number of hydrogen-bond acceptors (Lipinski definition) is 7. The van der Waals surface area contributed by atoms with Crippen LogP contribution in [0.5, 0.6) is 5.75 Å². The zero-order valence-corrected chi connectivity index (χ0v) is 11.0. The van der Waals surface area contributed by atoms with Crippen LogP contribution in [0.2, 0.25) is 0 Å². The van der Waals surface area contributed by atoms with Gasteiger partial charge in [0.15, 0.2) is 16.6 Å². The Morgan fingerprint density at radius 3 is 2.85 bits per heavy atom. The Balaban J connectivity index is 2.26. The number of thiazole rings is 1. The molecule has 2 aromatic rings. The number of hydrogen-bond donors (Lipinski definition) is 2. The molecule has 0 radical (unpaired) electrons. The highest BCUT2D eigenvalue weighted by Crippen LogP contribution is 2.31. The summed E-state index contributed by atoms with van der Waals surface area (Å²) in [6.07, 6.45) is 0. The molecule has 104 valence electrons. The van der Waals surface area contributed by atoms with Gasteiger partial charge in [0.25, 0.3) is 0 Å². The summed E-state index contributed by atoms with van der Waals surface area (Å²) in [4.78, 5) is 24.9. The van der Waals surface area contributed by atoms with E-state index in [-0.39, 0.29) is 17.1 Å². The first-order chi connectivity index (χ1) is 9.51.